The minimum absolute atomic E-state index is 0.220. The smallest absolute Gasteiger partial charge is 0.126 e. The van der Waals surface area contributed by atoms with E-state index < -0.39 is 5.60 Å². The monoisotopic (exact) mass is 225 g/mol. The van der Waals surface area contributed by atoms with Gasteiger partial charge >= 0.3 is 0 Å². The molecule has 16 heavy (non-hydrogen) atoms. The Balaban J connectivity index is 3.04. The quantitative estimate of drug-likeness (QED) is 0.855. The molecular formula is C13H20FNO. The van der Waals surface area contributed by atoms with E-state index in [1.807, 2.05) is 19.9 Å². The molecule has 0 fully saturated rings. The fourth-order valence-corrected chi connectivity index (χ4v) is 1.65. The van der Waals surface area contributed by atoms with Crippen LogP contribution in [0.5, 0.6) is 0 Å². The molecule has 2 unspecified atom stereocenters. The van der Waals surface area contributed by atoms with Crippen molar-refractivity contribution in [1.82, 2.24) is 0 Å². The maximum absolute atomic E-state index is 13.4. The lowest BCUT2D eigenvalue weighted by Crippen LogP contribution is -2.39. The van der Waals surface area contributed by atoms with Crippen LogP contribution in [0.25, 0.3) is 0 Å². The van der Waals surface area contributed by atoms with Crippen LogP contribution in [-0.2, 0) is 4.74 Å². The molecule has 1 aromatic rings. The molecule has 0 aliphatic carbocycles. The van der Waals surface area contributed by atoms with Gasteiger partial charge in [0.25, 0.3) is 0 Å². The molecule has 0 amide bonds. The molecule has 0 bridgehead atoms. The van der Waals surface area contributed by atoms with Crippen LogP contribution in [-0.4, -0.2) is 12.7 Å². The maximum Gasteiger partial charge on any atom is 0.126 e. The Morgan fingerprint density at radius 1 is 1.50 bits per heavy atom. The van der Waals surface area contributed by atoms with Crippen LogP contribution in [0, 0.1) is 12.7 Å². The lowest BCUT2D eigenvalue weighted by Gasteiger charge is -2.33. The van der Waals surface area contributed by atoms with Crippen LogP contribution < -0.4 is 5.73 Å². The van der Waals surface area contributed by atoms with Crippen molar-refractivity contribution in [1.29, 1.82) is 0 Å². The molecule has 0 saturated carbocycles. The lowest BCUT2D eigenvalue weighted by molar-refractivity contribution is -0.0195. The van der Waals surface area contributed by atoms with Crippen molar-refractivity contribution in [3.05, 3.63) is 35.1 Å². The summed E-state index contributed by atoms with van der Waals surface area (Å²) in [4.78, 5) is 0. The van der Waals surface area contributed by atoms with E-state index in [1.165, 1.54) is 6.07 Å². The van der Waals surface area contributed by atoms with Crippen molar-refractivity contribution in [2.45, 2.75) is 38.8 Å². The number of benzene rings is 1. The summed E-state index contributed by atoms with van der Waals surface area (Å²) in [6.07, 6.45) is 0.778. The number of nitrogens with two attached hydrogens (primary N) is 1. The first kappa shape index (κ1) is 13.1. The van der Waals surface area contributed by atoms with Crippen LogP contribution in [0.15, 0.2) is 18.2 Å². The van der Waals surface area contributed by atoms with Crippen molar-refractivity contribution >= 4 is 0 Å². The Hall–Kier alpha value is -0.930. The molecule has 2 atom stereocenters. The Morgan fingerprint density at radius 2 is 2.12 bits per heavy atom. The second-order valence-electron chi connectivity index (χ2n) is 4.36. The van der Waals surface area contributed by atoms with Crippen molar-refractivity contribution in [3.8, 4) is 0 Å². The van der Waals surface area contributed by atoms with Gasteiger partial charge in [-0.2, -0.15) is 0 Å². The van der Waals surface area contributed by atoms with E-state index in [0.717, 1.165) is 12.0 Å². The zero-order valence-electron chi connectivity index (χ0n) is 10.4. The first-order valence-electron chi connectivity index (χ1n) is 5.51. The predicted molar refractivity (Wildman–Crippen MR) is 63.8 cm³/mol. The van der Waals surface area contributed by atoms with Gasteiger partial charge in [-0.05, 0) is 37.5 Å². The average Bonchev–Trinajstić information content (AvgIpc) is 2.30. The third-order valence-electron chi connectivity index (χ3n) is 3.38. The normalized spacial score (nSPS) is 16.9. The SMILES string of the molecule is CCC(C)(OC)C(N)c1ccc(C)c(F)c1. The highest BCUT2D eigenvalue weighted by molar-refractivity contribution is 5.27. The first-order valence-corrected chi connectivity index (χ1v) is 5.51. The molecule has 1 aromatic carbocycles. The minimum Gasteiger partial charge on any atom is -0.377 e. The molecule has 0 heterocycles. The van der Waals surface area contributed by atoms with E-state index >= 15 is 0 Å². The van der Waals surface area contributed by atoms with Crippen LogP contribution in [0.1, 0.15) is 37.4 Å². The highest BCUT2D eigenvalue weighted by Gasteiger charge is 2.31. The number of halogens is 1. The first-order chi connectivity index (χ1) is 7.44. The summed E-state index contributed by atoms with van der Waals surface area (Å²) in [7, 11) is 1.63. The van der Waals surface area contributed by atoms with Crippen molar-refractivity contribution in [2.75, 3.05) is 7.11 Å². The number of aryl methyl sites for hydroxylation is 1. The van der Waals surface area contributed by atoms with Crippen molar-refractivity contribution in [2.24, 2.45) is 5.73 Å². The largest absolute Gasteiger partial charge is 0.377 e. The van der Waals surface area contributed by atoms with Gasteiger partial charge in [0, 0.05) is 7.11 Å². The molecule has 0 saturated heterocycles. The molecule has 0 aliphatic heterocycles. The Kier molecular flexibility index (Phi) is 4.05. The highest BCUT2D eigenvalue weighted by Crippen LogP contribution is 2.30. The standard InChI is InChI=1S/C13H20FNO/c1-5-13(3,16-4)12(15)10-7-6-9(2)11(14)8-10/h6-8,12H,5,15H2,1-4H3. The Morgan fingerprint density at radius 3 is 2.56 bits per heavy atom. The van der Waals surface area contributed by atoms with Gasteiger partial charge < -0.3 is 10.5 Å². The predicted octanol–water partition coefficient (Wildman–Crippen LogP) is 2.95. The minimum atomic E-state index is -0.457. The van der Waals surface area contributed by atoms with Crippen LogP contribution in [0.2, 0.25) is 0 Å². The summed E-state index contributed by atoms with van der Waals surface area (Å²) < 4.78 is 18.9. The molecule has 0 radical (unpaired) electrons. The molecule has 2 N–H and O–H groups in total. The van der Waals surface area contributed by atoms with E-state index in [1.54, 1.807) is 20.1 Å². The molecule has 0 spiro atoms. The zero-order valence-corrected chi connectivity index (χ0v) is 10.4. The second kappa shape index (κ2) is 4.93. The van der Waals surface area contributed by atoms with Gasteiger partial charge in [-0.15, -0.1) is 0 Å². The number of hydrogen-bond donors (Lipinski definition) is 1. The third-order valence-corrected chi connectivity index (χ3v) is 3.38. The van der Waals surface area contributed by atoms with E-state index in [2.05, 4.69) is 0 Å². The second-order valence-corrected chi connectivity index (χ2v) is 4.36. The number of hydrogen-bond acceptors (Lipinski definition) is 2. The molecule has 0 aliphatic rings. The van der Waals surface area contributed by atoms with Gasteiger partial charge in [0.15, 0.2) is 0 Å². The van der Waals surface area contributed by atoms with Crippen molar-refractivity contribution < 1.29 is 9.13 Å². The van der Waals surface area contributed by atoms with Crippen LogP contribution >= 0.6 is 0 Å². The zero-order chi connectivity index (χ0) is 12.3. The van der Waals surface area contributed by atoms with E-state index in [4.69, 9.17) is 10.5 Å². The van der Waals surface area contributed by atoms with Crippen LogP contribution in [0.4, 0.5) is 4.39 Å². The average molecular weight is 225 g/mol. The van der Waals surface area contributed by atoms with Gasteiger partial charge in [-0.25, -0.2) is 4.39 Å². The lowest BCUT2D eigenvalue weighted by atomic mass is 9.88. The van der Waals surface area contributed by atoms with Gasteiger partial charge in [0.2, 0.25) is 0 Å². The van der Waals surface area contributed by atoms with Gasteiger partial charge in [-0.3, -0.25) is 0 Å². The summed E-state index contributed by atoms with van der Waals surface area (Å²) in [5, 5.41) is 0. The summed E-state index contributed by atoms with van der Waals surface area (Å²) in [5.41, 5.74) is 7.07. The number of methoxy groups -OCH3 is 1. The fourth-order valence-electron chi connectivity index (χ4n) is 1.65. The summed E-state index contributed by atoms with van der Waals surface area (Å²) in [6, 6.07) is 4.77. The number of rotatable bonds is 4. The third kappa shape index (κ3) is 2.42. The molecular weight excluding hydrogens is 205 g/mol. The maximum atomic E-state index is 13.4. The molecule has 2 nitrogen and oxygen atoms in total. The number of ether oxygens (including phenoxy) is 1. The summed E-state index contributed by atoms with van der Waals surface area (Å²) in [5.74, 6) is -0.220. The Labute approximate surface area is 96.6 Å². The fraction of sp³-hybridized carbons (Fsp3) is 0.538. The molecule has 90 valence electrons. The van der Waals surface area contributed by atoms with E-state index in [0.29, 0.717) is 5.56 Å². The summed E-state index contributed by atoms with van der Waals surface area (Å²) >= 11 is 0. The molecule has 3 heteroatoms. The van der Waals surface area contributed by atoms with E-state index in [9.17, 15) is 4.39 Å². The van der Waals surface area contributed by atoms with E-state index in [-0.39, 0.29) is 11.9 Å². The Bertz CT molecular complexity index is 361. The van der Waals surface area contributed by atoms with Crippen LogP contribution in [0.3, 0.4) is 0 Å². The topological polar surface area (TPSA) is 35.2 Å². The summed E-state index contributed by atoms with van der Waals surface area (Å²) in [6.45, 7) is 5.68. The van der Waals surface area contributed by atoms with Gasteiger partial charge in [-0.1, -0.05) is 19.1 Å². The highest BCUT2D eigenvalue weighted by atomic mass is 19.1. The van der Waals surface area contributed by atoms with Crippen molar-refractivity contribution in [3.63, 3.8) is 0 Å². The molecule has 0 aromatic heterocycles. The van der Waals surface area contributed by atoms with Gasteiger partial charge in [0.05, 0.1) is 11.6 Å². The molecule has 1 rings (SSSR count). The van der Waals surface area contributed by atoms with Gasteiger partial charge in [0.1, 0.15) is 5.82 Å².